The number of rotatable bonds is 7. The van der Waals surface area contributed by atoms with Gasteiger partial charge in [-0.25, -0.2) is 4.39 Å². The number of carbonyl (C=O) groups is 2. The zero-order valence-electron chi connectivity index (χ0n) is 20.7. The second-order valence-corrected chi connectivity index (χ2v) is 10.8. The summed E-state index contributed by atoms with van der Waals surface area (Å²) in [4.78, 5) is 30.3. The monoisotopic (exact) mass is 495 g/mol. The predicted molar refractivity (Wildman–Crippen MR) is 132 cm³/mol. The lowest BCUT2D eigenvalue weighted by atomic mass is 9.80. The summed E-state index contributed by atoms with van der Waals surface area (Å²) < 4.78 is 19.8. The number of nitrogens with two attached hydrogens (primary N) is 1. The Kier molecular flexibility index (Phi) is 6.49. The highest BCUT2D eigenvalue weighted by Gasteiger charge is 2.46. The van der Waals surface area contributed by atoms with E-state index in [1.165, 1.54) is 24.3 Å². The molecule has 2 atom stereocenters. The van der Waals surface area contributed by atoms with E-state index >= 15 is 0 Å². The number of ether oxygens (including phenoxy) is 1. The molecule has 0 spiro atoms. The van der Waals surface area contributed by atoms with Crippen molar-refractivity contribution in [3.63, 3.8) is 0 Å². The number of nitrogens with one attached hydrogen (secondary N) is 1. The maximum atomic E-state index is 13.8. The highest BCUT2D eigenvalue weighted by Crippen LogP contribution is 2.48. The van der Waals surface area contributed by atoms with Crippen LogP contribution < -0.4 is 15.8 Å². The molecule has 2 aromatic rings. The average molecular weight is 496 g/mol. The van der Waals surface area contributed by atoms with Crippen LogP contribution in [0.5, 0.6) is 5.75 Å². The number of hydrogen-bond donors (Lipinski definition) is 3. The summed E-state index contributed by atoms with van der Waals surface area (Å²) >= 11 is 0. The number of primary amides is 1. The first-order valence-corrected chi connectivity index (χ1v) is 13.0. The topological polar surface area (TPSA) is 115 Å². The number of halogens is 1. The number of nitrogens with zero attached hydrogens (tertiary/aromatic N) is 1. The van der Waals surface area contributed by atoms with Crippen molar-refractivity contribution >= 4 is 11.8 Å². The van der Waals surface area contributed by atoms with Crippen LogP contribution in [0.3, 0.4) is 0 Å². The molecule has 2 aliphatic carbocycles. The number of fused-ring (bicyclic) bond motifs is 1. The van der Waals surface area contributed by atoms with E-state index < -0.39 is 22.7 Å². The van der Waals surface area contributed by atoms with Crippen LogP contribution >= 0.6 is 0 Å². The Bertz CT molecular complexity index is 1160. The van der Waals surface area contributed by atoms with E-state index in [1.807, 2.05) is 0 Å². The number of aromatic nitrogens is 1. The normalized spacial score (nSPS) is 23.8. The van der Waals surface area contributed by atoms with E-state index in [0.29, 0.717) is 28.3 Å². The fraction of sp³-hybridized carbons (Fsp3) is 0.536. The summed E-state index contributed by atoms with van der Waals surface area (Å²) in [7, 11) is 0. The van der Waals surface area contributed by atoms with E-state index in [-0.39, 0.29) is 30.9 Å². The van der Waals surface area contributed by atoms with E-state index in [9.17, 15) is 19.1 Å². The van der Waals surface area contributed by atoms with Gasteiger partial charge in [-0.3, -0.25) is 14.6 Å². The van der Waals surface area contributed by atoms with Crippen LogP contribution in [-0.4, -0.2) is 35.1 Å². The predicted octanol–water partition coefficient (Wildman–Crippen LogP) is 3.56. The lowest BCUT2D eigenvalue weighted by Gasteiger charge is -2.31. The van der Waals surface area contributed by atoms with Crippen molar-refractivity contribution in [1.29, 1.82) is 0 Å². The molecule has 2 saturated carbocycles. The van der Waals surface area contributed by atoms with Gasteiger partial charge in [-0.1, -0.05) is 37.8 Å². The van der Waals surface area contributed by atoms with Gasteiger partial charge in [0.25, 0.3) is 0 Å². The van der Waals surface area contributed by atoms with Crippen molar-refractivity contribution < 1.29 is 23.8 Å². The summed E-state index contributed by atoms with van der Waals surface area (Å²) in [6.45, 7) is 1.72. The lowest BCUT2D eigenvalue weighted by Crippen LogP contribution is -2.44. The van der Waals surface area contributed by atoms with Crippen molar-refractivity contribution in [3.05, 3.63) is 58.7 Å². The summed E-state index contributed by atoms with van der Waals surface area (Å²) in [6, 6.07) is 7.24. The van der Waals surface area contributed by atoms with Crippen LogP contribution in [0.1, 0.15) is 86.7 Å². The molecule has 5 rings (SSSR count). The van der Waals surface area contributed by atoms with Gasteiger partial charge in [-0.15, -0.1) is 0 Å². The molecule has 0 saturated heterocycles. The summed E-state index contributed by atoms with van der Waals surface area (Å²) in [5, 5.41) is 15.1. The van der Waals surface area contributed by atoms with Crippen molar-refractivity contribution in [2.75, 3.05) is 13.2 Å². The Balaban J connectivity index is 1.62. The molecule has 4 N–H and O–H groups in total. The van der Waals surface area contributed by atoms with Crippen LogP contribution in [0, 0.1) is 11.7 Å². The molecule has 2 amide bonds. The minimum Gasteiger partial charge on any atom is -0.490 e. The largest absolute Gasteiger partial charge is 0.490 e. The van der Waals surface area contributed by atoms with Crippen molar-refractivity contribution in [2.45, 2.75) is 75.2 Å². The van der Waals surface area contributed by atoms with Crippen LogP contribution in [0.25, 0.3) is 0 Å². The van der Waals surface area contributed by atoms with E-state index in [2.05, 4.69) is 5.32 Å². The van der Waals surface area contributed by atoms with Gasteiger partial charge in [0.2, 0.25) is 11.8 Å². The number of hydrogen-bond acceptors (Lipinski definition) is 5. The van der Waals surface area contributed by atoms with Gasteiger partial charge >= 0.3 is 0 Å². The van der Waals surface area contributed by atoms with Crippen molar-refractivity contribution in [3.8, 4) is 5.75 Å². The zero-order chi connectivity index (χ0) is 25.5. The van der Waals surface area contributed by atoms with E-state index in [4.69, 9.17) is 15.5 Å². The van der Waals surface area contributed by atoms with Gasteiger partial charge in [0, 0.05) is 17.4 Å². The third-order valence-corrected chi connectivity index (χ3v) is 8.37. The molecule has 192 valence electrons. The summed E-state index contributed by atoms with van der Waals surface area (Å²) in [5.74, 6) is -0.413. The summed E-state index contributed by atoms with van der Waals surface area (Å²) in [6.07, 6.45) is 7.71. The molecule has 0 unspecified atom stereocenters. The van der Waals surface area contributed by atoms with Gasteiger partial charge in [0.15, 0.2) is 0 Å². The maximum absolute atomic E-state index is 13.8. The minimum absolute atomic E-state index is 0.0731. The highest BCUT2D eigenvalue weighted by atomic mass is 19.1. The minimum atomic E-state index is -1.74. The zero-order valence-corrected chi connectivity index (χ0v) is 20.7. The molecular formula is C28H34FN3O4. The van der Waals surface area contributed by atoms with Gasteiger partial charge in [0.1, 0.15) is 29.2 Å². The molecule has 1 aromatic heterocycles. The first-order valence-electron chi connectivity index (χ1n) is 13.0. The fourth-order valence-electron chi connectivity index (χ4n) is 5.91. The van der Waals surface area contributed by atoms with Crippen LogP contribution in [0.2, 0.25) is 0 Å². The average Bonchev–Trinajstić information content (AvgIpc) is 3.64. The van der Waals surface area contributed by atoms with E-state index in [1.54, 1.807) is 13.0 Å². The first kappa shape index (κ1) is 24.7. The number of benzene rings is 1. The Labute approximate surface area is 210 Å². The fourth-order valence-corrected chi connectivity index (χ4v) is 5.91. The Morgan fingerprint density at radius 2 is 1.81 bits per heavy atom. The number of amides is 2. The van der Waals surface area contributed by atoms with Gasteiger partial charge in [-0.2, -0.15) is 0 Å². The smallest absolute Gasteiger partial charge is 0.231 e. The van der Waals surface area contributed by atoms with Gasteiger partial charge in [0.05, 0.1) is 17.9 Å². The Morgan fingerprint density at radius 3 is 2.44 bits per heavy atom. The molecule has 1 aliphatic heterocycles. The second kappa shape index (κ2) is 9.47. The molecule has 8 heteroatoms. The SMILES string of the molecule is C[C@]1(C(N)=O)COc2c1cc([C@@](O)(CNC(=O)C1CCCC1)c1ccc(F)cc1)nc2C1CCCC1. The second-order valence-electron chi connectivity index (χ2n) is 10.8. The quantitative estimate of drug-likeness (QED) is 0.544. The molecule has 0 radical (unpaired) electrons. The summed E-state index contributed by atoms with van der Waals surface area (Å²) in [5.41, 5.74) is 5.00. The Hall–Kier alpha value is -3.00. The van der Waals surface area contributed by atoms with Crippen LogP contribution in [0.15, 0.2) is 30.3 Å². The number of pyridine rings is 1. The third kappa shape index (κ3) is 4.25. The molecule has 3 aliphatic rings. The number of carbonyl (C=O) groups excluding carboxylic acids is 2. The first-order chi connectivity index (χ1) is 17.2. The molecule has 36 heavy (non-hydrogen) atoms. The van der Waals surface area contributed by atoms with Crippen molar-refractivity contribution in [1.82, 2.24) is 10.3 Å². The number of aliphatic hydroxyl groups is 1. The molecule has 7 nitrogen and oxygen atoms in total. The third-order valence-electron chi connectivity index (χ3n) is 8.37. The van der Waals surface area contributed by atoms with Crippen LogP contribution in [-0.2, 0) is 20.6 Å². The van der Waals surface area contributed by atoms with E-state index in [0.717, 1.165) is 51.4 Å². The standard InChI is InChI=1S/C28H34FN3O4/c1-27(26(30)34)16-36-24-21(27)14-22(32-23(24)17-6-2-3-7-17)28(35,19-10-12-20(29)13-11-19)15-31-25(33)18-8-4-5-9-18/h10-14,17-18,35H,2-9,15-16H2,1H3,(H2,30,34)(H,31,33)/t27-,28+/m0/s1. The van der Waals surface area contributed by atoms with Gasteiger partial charge in [-0.05, 0) is 56.4 Å². The highest BCUT2D eigenvalue weighted by molar-refractivity contribution is 5.88. The molecule has 2 fully saturated rings. The van der Waals surface area contributed by atoms with Gasteiger partial charge < -0.3 is 20.9 Å². The van der Waals surface area contributed by atoms with Crippen LogP contribution in [0.4, 0.5) is 4.39 Å². The molecule has 0 bridgehead atoms. The lowest BCUT2D eigenvalue weighted by molar-refractivity contribution is -0.126. The molecule has 2 heterocycles. The van der Waals surface area contributed by atoms with Crippen molar-refractivity contribution in [2.24, 2.45) is 11.7 Å². The Morgan fingerprint density at radius 1 is 1.17 bits per heavy atom. The molecule has 1 aromatic carbocycles. The maximum Gasteiger partial charge on any atom is 0.231 e. The molecular weight excluding hydrogens is 461 g/mol.